The van der Waals surface area contributed by atoms with Crippen molar-refractivity contribution in [3.63, 3.8) is 0 Å². The SMILES string of the molecule is CN.COc1cccc(CCCC(=O)O)c1. The highest BCUT2D eigenvalue weighted by atomic mass is 16.5. The molecule has 0 spiro atoms. The molecule has 0 heterocycles. The van der Waals surface area contributed by atoms with Crippen LogP contribution in [-0.4, -0.2) is 25.2 Å². The molecule has 0 saturated carbocycles. The summed E-state index contributed by atoms with van der Waals surface area (Å²) in [5, 5.41) is 8.47. The summed E-state index contributed by atoms with van der Waals surface area (Å²) in [5.74, 6) is 0.0747. The molecular weight excluding hydrogens is 206 g/mol. The first kappa shape index (κ1) is 14.5. The molecule has 0 fully saturated rings. The highest BCUT2D eigenvalue weighted by molar-refractivity contribution is 5.66. The van der Waals surface area contributed by atoms with Gasteiger partial charge >= 0.3 is 5.97 Å². The average molecular weight is 225 g/mol. The van der Waals surface area contributed by atoms with Gasteiger partial charge in [0, 0.05) is 6.42 Å². The van der Waals surface area contributed by atoms with Gasteiger partial charge in [0.2, 0.25) is 0 Å². The van der Waals surface area contributed by atoms with Crippen LogP contribution in [0, 0.1) is 0 Å². The number of benzene rings is 1. The summed E-state index contributed by atoms with van der Waals surface area (Å²) in [5.41, 5.74) is 5.62. The van der Waals surface area contributed by atoms with Crippen LogP contribution >= 0.6 is 0 Å². The fourth-order valence-corrected chi connectivity index (χ4v) is 1.27. The topological polar surface area (TPSA) is 72.5 Å². The Morgan fingerprint density at radius 2 is 2.12 bits per heavy atom. The molecule has 1 aromatic rings. The Hall–Kier alpha value is -1.55. The molecule has 1 aromatic carbocycles. The fourth-order valence-electron chi connectivity index (χ4n) is 1.27. The van der Waals surface area contributed by atoms with Crippen LogP contribution in [0.2, 0.25) is 0 Å². The molecule has 90 valence electrons. The van der Waals surface area contributed by atoms with Crippen LogP contribution < -0.4 is 10.5 Å². The molecule has 1 rings (SSSR count). The summed E-state index contributed by atoms with van der Waals surface area (Å²) >= 11 is 0. The number of aryl methyl sites for hydroxylation is 1. The van der Waals surface area contributed by atoms with Crippen molar-refractivity contribution in [2.45, 2.75) is 19.3 Å². The number of ether oxygens (including phenoxy) is 1. The molecule has 4 heteroatoms. The highest BCUT2D eigenvalue weighted by Gasteiger charge is 1.99. The second-order valence-corrected chi connectivity index (χ2v) is 3.10. The maximum atomic E-state index is 10.3. The van der Waals surface area contributed by atoms with Gasteiger partial charge in [-0.25, -0.2) is 0 Å². The zero-order valence-electron chi connectivity index (χ0n) is 9.77. The number of nitrogens with two attached hydrogens (primary N) is 1. The quantitative estimate of drug-likeness (QED) is 0.799. The van der Waals surface area contributed by atoms with E-state index in [2.05, 4.69) is 5.73 Å². The summed E-state index contributed by atoms with van der Waals surface area (Å²) in [7, 11) is 3.12. The lowest BCUT2D eigenvalue weighted by atomic mass is 10.1. The van der Waals surface area contributed by atoms with Crippen molar-refractivity contribution in [3.05, 3.63) is 29.8 Å². The minimum atomic E-state index is -0.743. The van der Waals surface area contributed by atoms with E-state index in [0.717, 1.165) is 17.7 Å². The van der Waals surface area contributed by atoms with Crippen molar-refractivity contribution in [2.75, 3.05) is 14.2 Å². The van der Waals surface area contributed by atoms with Gasteiger partial charge in [0.15, 0.2) is 0 Å². The number of methoxy groups -OCH3 is 1. The van der Waals surface area contributed by atoms with E-state index < -0.39 is 5.97 Å². The van der Waals surface area contributed by atoms with Crippen LogP contribution in [0.1, 0.15) is 18.4 Å². The third-order valence-corrected chi connectivity index (χ3v) is 1.99. The van der Waals surface area contributed by atoms with Crippen LogP contribution in [0.5, 0.6) is 5.75 Å². The standard InChI is InChI=1S/C11H14O3.CH5N/c1-14-10-6-2-4-9(8-10)5-3-7-11(12)13;1-2/h2,4,6,8H,3,5,7H2,1H3,(H,12,13);2H2,1H3. The van der Waals surface area contributed by atoms with Gasteiger partial charge in [-0.2, -0.15) is 0 Å². The van der Waals surface area contributed by atoms with Gasteiger partial charge in [0.25, 0.3) is 0 Å². The predicted molar refractivity (Wildman–Crippen MR) is 63.7 cm³/mol. The van der Waals surface area contributed by atoms with E-state index in [-0.39, 0.29) is 6.42 Å². The Labute approximate surface area is 96.0 Å². The summed E-state index contributed by atoms with van der Waals surface area (Å²) in [6.45, 7) is 0. The van der Waals surface area contributed by atoms with E-state index >= 15 is 0 Å². The zero-order chi connectivity index (χ0) is 12.4. The molecule has 16 heavy (non-hydrogen) atoms. The maximum absolute atomic E-state index is 10.3. The second-order valence-electron chi connectivity index (χ2n) is 3.10. The molecule has 4 nitrogen and oxygen atoms in total. The van der Waals surface area contributed by atoms with Crippen molar-refractivity contribution < 1.29 is 14.6 Å². The molecule has 0 bridgehead atoms. The van der Waals surface area contributed by atoms with Crippen molar-refractivity contribution in [1.29, 1.82) is 0 Å². The Morgan fingerprint density at radius 1 is 1.44 bits per heavy atom. The Kier molecular flexibility index (Phi) is 7.89. The molecule has 0 aliphatic rings. The Balaban J connectivity index is 0.00000106. The number of carboxylic acids is 1. The summed E-state index contributed by atoms with van der Waals surface area (Å²) in [4.78, 5) is 10.3. The van der Waals surface area contributed by atoms with Gasteiger partial charge < -0.3 is 15.6 Å². The molecular formula is C12H19NO3. The number of carboxylic acid groups (broad SMARTS) is 1. The van der Waals surface area contributed by atoms with Gasteiger partial charge in [0.05, 0.1) is 7.11 Å². The summed E-state index contributed by atoms with van der Waals surface area (Å²) in [6.07, 6.45) is 1.67. The molecule has 0 saturated heterocycles. The van der Waals surface area contributed by atoms with E-state index in [1.807, 2.05) is 24.3 Å². The zero-order valence-corrected chi connectivity index (χ0v) is 9.77. The van der Waals surface area contributed by atoms with Crippen LogP contribution in [-0.2, 0) is 11.2 Å². The minimum absolute atomic E-state index is 0.219. The number of aliphatic carboxylic acids is 1. The lowest BCUT2D eigenvalue weighted by Crippen LogP contribution is -1.96. The normalized spacial score (nSPS) is 8.94. The van der Waals surface area contributed by atoms with Crippen molar-refractivity contribution >= 4 is 5.97 Å². The van der Waals surface area contributed by atoms with Crippen molar-refractivity contribution in [2.24, 2.45) is 5.73 Å². The van der Waals surface area contributed by atoms with E-state index in [9.17, 15) is 4.79 Å². The fraction of sp³-hybridized carbons (Fsp3) is 0.417. The summed E-state index contributed by atoms with van der Waals surface area (Å²) < 4.78 is 5.07. The van der Waals surface area contributed by atoms with Gasteiger partial charge in [0.1, 0.15) is 5.75 Å². The molecule has 0 atom stereocenters. The van der Waals surface area contributed by atoms with Crippen LogP contribution in [0.4, 0.5) is 0 Å². The number of rotatable bonds is 5. The van der Waals surface area contributed by atoms with Crippen LogP contribution in [0.3, 0.4) is 0 Å². The smallest absolute Gasteiger partial charge is 0.303 e. The lowest BCUT2D eigenvalue weighted by molar-refractivity contribution is -0.137. The molecule has 0 aliphatic heterocycles. The Bertz CT molecular complexity index is 313. The number of hydrogen-bond acceptors (Lipinski definition) is 3. The molecule has 0 amide bonds. The van der Waals surface area contributed by atoms with Gasteiger partial charge in [-0.05, 0) is 37.6 Å². The molecule has 0 unspecified atom stereocenters. The maximum Gasteiger partial charge on any atom is 0.303 e. The summed E-state index contributed by atoms with van der Waals surface area (Å²) in [6, 6.07) is 7.70. The predicted octanol–water partition coefficient (Wildman–Crippen LogP) is 1.68. The first-order valence-corrected chi connectivity index (χ1v) is 5.15. The minimum Gasteiger partial charge on any atom is -0.497 e. The average Bonchev–Trinajstić information content (AvgIpc) is 2.31. The highest BCUT2D eigenvalue weighted by Crippen LogP contribution is 2.14. The first-order chi connectivity index (χ1) is 7.72. The first-order valence-electron chi connectivity index (χ1n) is 5.15. The van der Waals surface area contributed by atoms with Gasteiger partial charge in [-0.3, -0.25) is 4.79 Å². The molecule has 0 aromatic heterocycles. The van der Waals surface area contributed by atoms with Gasteiger partial charge in [-0.15, -0.1) is 0 Å². The van der Waals surface area contributed by atoms with E-state index in [1.165, 1.54) is 7.05 Å². The molecule has 0 radical (unpaired) electrons. The lowest BCUT2D eigenvalue weighted by Gasteiger charge is -2.03. The number of hydrogen-bond donors (Lipinski definition) is 2. The van der Waals surface area contributed by atoms with Crippen LogP contribution in [0.15, 0.2) is 24.3 Å². The van der Waals surface area contributed by atoms with E-state index in [1.54, 1.807) is 7.11 Å². The van der Waals surface area contributed by atoms with Crippen LogP contribution in [0.25, 0.3) is 0 Å². The third-order valence-electron chi connectivity index (χ3n) is 1.99. The largest absolute Gasteiger partial charge is 0.497 e. The second kappa shape index (κ2) is 8.73. The van der Waals surface area contributed by atoms with E-state index in [0.29, 0.717) is 6.42 Å². The van der Waals surface area contributed by atoms with E-state index in [4.69, 9.17) is 9.84 Å². The van der Waals surface area contributed by atoms with Gasteiger partial charge in [-0.1, -0.05) is 12.1 Å². The number of carbonyl (C=O) groups is 1. The third kappa shape index (κ3) is 6.03. The molecule has 3 N–H and O–H groups in total. The van der Waals surface area contributed by atoms with Crippen molar-refractivity contribution in [3.8, 4) is 5.75 Å². The van der Waals surface area contributed by atoms with Crippen molar-refractivity contribution in [1.82, 2.24) is 0 Å². The monoisotopic (exact) mass is 225 g/mol. The Morgan fingerprint density at radius 3 is 2.69 bits per heavy atom. The molecule has 0 aliphatic carbocycles.